The van der Waals surface area contributed by atoms with Crippen molar-refractivity contribution in [2.24, 2.45) is 5.92 Å². The number of urea groups is 1. The van der Waals surface area contributed by atoms with Gasteiger partial charge in [0.2, 0.25) is 5.84 Å². The van der Waals surface area contributed by atoms with Crippen molar-refractivity contribution in [3.05, 3.63) is 20.8 Å². The van der Waals surface area contributed by atoms with E-state index in [0.29, 0.717) is 0 Å². The number of nitrogens with zero attached hydrogens (tertiary/aromatic N) is 4. The van der Waals surface area contributed by atoms with Gasteiger partial charge in [0.05, 0.1) is 26.1 Å². The molecule has 20 heavy (non-hydrogen) atoms. The predicted molar refractivity (Wildman–Crippen MR) is 65.5 cm³/mol. The van der Waals surface area contributed by atoms with Crippen LogP contribution in [0.15, 0.2) is 10.7 Å². The molecular weight excluding hydrogens is 292 g/mol. The van der Waals surface area contributed by atoms with Gasteiger partial charge in [0.1, 0.15) is 5.03 Å². The summed E-state index contributed by atoms with van der Waals surface area (Å²) in [5, 5.41) is 10.4. The summed E-state index contributed by atoms with van der Waals surface area (Å²) in [5.74, 6) is -2.90. The average Bonchev–Trinajstić information content (AvgIpc) is 2.37. The third kappa shape index (κ3) is 1.63. The predicted octanol–water partition coefficient (Wildman–Crippen LogP) is -0.566. The highest BCUT2D eigenvalue weighted by Gasteiger charge is 2.56. The van der Waals surface area contributed by atoms with Gasteiger partial charge in [-0.15, -0.1) is 0 Å². The number of carbonyl (C=O) groups excluding carboxylic acids is 3. The van der Waals surface area contributed by atoms with E-state index in [4.69, 9.17) is 11.6 Å². The van der Waals surface area contributed by atoms with Crippen LogP contribution in [-0.4, -0.2) is 64.1 Å². The van der Waals surface area contributed by atoms with Crippen molar-refractivity contribution in [2.45, 2.75) is 0 Å². The minimum atomic E-state index is -1.23. The standard InChI is InChI=1S/C10H10ClN4O5/c1-12-7-4(5(11)6(9(12)17)15(19)20)8(16)14(3)10(18)13(7)2/h4H,1-3H3/q+1. The molecule has 2 heterocycles. The van der Waals surface area contributed by atoms with Crippen LogP contribution in [0.2, 0.25) is 0 Å². The number of likely N-dealkylation sites (N-methyl/N-ethyl adjacent to an activating group) is 1. The normalized spacial score (nSPS) is 23.6. The molecule has 0 aromatic carbocycles. The van der Waals surface area contributed by atoms with Crippen molar-refractivity contribution < 1.29 is 23.9 Å². The monoisotopic (exact) mass is 301 g/mol. The summed E-state index contributed by atoms with van der Waals surface area (Å²) in [5.41, 5.74) is -0.854. The second kappa shape index (κ2) is 4.37. The highest BCUT2D eigenvalue weighted by Crippen LogP contribution is 2.32. The number of halogens is 1. The maximum Gasteiger partial charge on any atom is 0.445 e. The topological polar surface area (TPSA) is 104 Å². The summed E-state index contributed by atoms with van der Waals surface area (Å²) in [6, 6.07) is -0.644. The Balaban J connectivity index is 2.78. The Morgan fingerprint density at radius 1 is 1.25 bits per heavy atom. The number of amidine groups is 1. The fourth-order valence-corrected chi connectivity index (χ4v) is 2.56. The van der Waals surface area contributed by atoms with Crippen LogP contribution >= 0.6 is 11.6 Å². The molecule has 0 radical (unpaired) electrons. The Kier molecular flexibility index (Phi) is 3.09. The Bertz CT molecular complexity index is 638. The summed E-state index contributed by atoms with van der Waals surface area (Å²) in [7, 11) is 3.85. The molecular formula is C10H10ClN4O5+. The van der Waals surface area contributed by atoms with Crippen molar-refractivity contribution in [1.29, 1.82) is 0 Å². The number of rotatable bonds is 1. The molecule has 0 aromatic rings. The molecule has 106 valence electrons. The van der Waals surface area contributed by atoms with Crippen LogP contribution in [0.5, 0.6) is 0 Å². The quantitative estimate of drug-likeness (QED) is 0.367. The van der Waals surface area contributed by atoms with E-state index in [1.54, 1.807) is 0 Å². The number of fused-ring (bicyclic) bond motifs is 1. The average molecular weight is 302 g/mol. The van der Waals surface area contributed by atoms with Gasteiger partial charge in [-0.25, -0.2) is 19.1 Å². The van der Waals surface area contributed by atoms with Crippen LogP contribution < -0.4 is 0 Å². The number of amides is 4. The molecule has 4 amide bonds. The Morgan fingerprint density at radius 2 is 1.80 bits per heavy atom. The first kappa shape index (κ1) is 14.1. The van der Waals surface area contributed by atoms with Crippen LogP contribution in [0.4, 0.5) is 4.79 Å². The van der Waals surface area contributed by atoms with E-state index in [-0.39, 0.29) is 5.84 Å². The molecule has 2 rings (SSSR count). The number of nitro groups is 1. The second-order valence-corrected chi connectivity index (χ2v) is 4.76. The van der Waals surface area contributed by atoms with Crippen LogP contribution in [0, 0.1) is 16.0 Å². The van der Waals surface area contributed by atoms with E-state index >= 15 is 0 Å². The van der Waals surface area contributed by atoms with Gasteiger partial charge in [0, 0.05) is 0 Å². The zero-order valence-corrected chi connectivity index (χ0v) is 11.5. The summed E-state index contributed by atoms with van der Waals surface area (Å²) < 4.78 is 1.07. The van der Waals surface area contributed by atoms with Gasteiger partial charge in [0.25, 0.3) is 0 Å². The first-order valence-corrected chi connectivity index (χ1v) is 5.82. The van der Waals surface area contributed by atoms with Crippen molar-refractivity contribution in [3.63, 3.8) is 0 Å². The first-order chi connectivity index (χ1) is 9.20. The van der Waals surface area contributed by atoms with Crippen LogP contribution in [0.25, 0.3) is 0 Å². The van der Waals surface area contributed by atoms with E-state index in [0.717, 1.165) is 14.4 Å². The molecule has 0 aliphatic carbocycles. The summed E-state index contributed by atoms with van der Waals surface area (Å²) in [6.07, 6.45) is 0. The van der Waals surface area contributed by atoms with E-state index in [1.165, 1.54) is 21.1 Å². The molecule has 0 saturated heterocycles. The van der Waals surface area contributed by atoms with Crippen molar-refractivity contribution >= 4 is 35.3 Å². The van der Waals surface area contributed by atoms with E-state index < -0.39 is 39.4 Å². The SMILES string of the molecule is CN1C(=O)C2C(Cl)=C([N+](=O)[O-])C(=O)N(C)C2=[N+](C)C1=O. The third-order valence-electron chi connectivity index (χ3n) is 3.27. The molecule has 0 spiro atoms. The van der Waals surface area contributed by atoms with Crippen LogP contribution in [-0.2, 0) is 9.59 Å². The van der Waals surface area contributed by atoms with Crippen molar-refractivity contribution in [2.75, 3.05) is 21.1 Å². The van der Waals surface area contributed by atoms with Gasteiger partial charge in [0.15, 0.2) is 5.92 Å². The molecule has 10 heteroatoms. The molecule has 0 fully saturated rings. The van der Waals surface area contributed by atoms with Crippen molar-refractivity contribution in [3.8, 4) is 0 Å². The lowest BCUT2D eigenvalue weighted by Crippen LogP contribution is -2.60. The lowest BCUT2D eigenvalue weighted by Gasteiger charge is -2.31. The van der Waals surface area contributed by atoms with E-state index in [9.17, 15) is 24.5 Å². The zero-order chi connectivity index (χ0) is 15.4. The largest absolute Gasteiger partial charge is 0.445 e. The lowest BCUT2D eigenvalue weighted by molar-refractivity contribution is -0.426. The Morgan fingerprint density at radius 3 is 2.30 bits per heavy atom. The smallest absolute Gasteiger partial charge is 0.258 e. The molecule has 1 atom stereocenters. The Labute approximate surface area is 117 Å². The van der Waals surface area contributed by atoms with Crippen LogP contribution in [0.3, 0.4) is 0 Å². The van der Waals surface area contributed by atoms with Gasteiger partial charge < -0.3 is 0 Å². The maximum absolute atomic E-state index is 12.1. The minimum absolute atomic E-state index is 0.0127. The number of hydrogen-bond acceptors (Lipinski definition) is 5. The van der Waals surface area contributed by atoms with Crippen LogP contribution in [0.1, 0.15) is 0 Å². The highest BCUT2D eigenvalue weighted by atomic mass is 35.5. The van der Waals surface area contributed by atoms with Gasteiger partial charge in [-0.1, -0.05) is 11.6 Å². The lowest BCUT2D eigenvalue weighted by atomic mass is 9.97. The van der Waals surface area contributed by atoms with Gasteiger partial charge in [-0.2, -0.15) is 4.90 Å². The van der Waals surface area contributed by atoms with Gasteiger partial charge >= 0.3 is 23.5 Å². The fourth-order valence-electron chi connectivity index (χ4n) is 2.22. The Hall–Kier alpha value is -2.29. The second-order valence-electron chi connectivity index (χ2n) is 4.35. The highest BCUT2D eigenvalue weighted by molar-refractivity contribution is 6.38. The number of imide groups is 1. The van der Waals surface area contributed by atoms with E-state index in [1.807, 2.05) is 0 Å². The summed E-state index contributed by atoms with van der Waals surface area (Å²) in [4.78, 5) is 47.6. The van der Waals surface area contributed by atoms with E-state index in [2.05, 4.69) is 0 Å². The van der Waals surface area contributed by atoms with Crippen molar-refractivity contribution in [1.82, 2.24) is 9.80 Å². The molecule has 0 N–H and O–H groups in total. The minimum Gasteiger partial charge on any atom is -0.258 e. The molecule has 0 aromatic heterocycles. The number of hydrogen-bond donors (Lipinski definition) is 0. The molecule has 0 bridgehead atoms. The molecule has 2 aliphatic rings. The third-order valence-corrected chi connectivity index (χ3v) is 3.66. The molecule has 2 aliphatic heterocycles. The maximum atomic E-state index is 12.1. The van der Waals surface area contributed by atoms with Gasteiger partial charge in [-0.3, -0.25) is 14.9 Å². The first-order valence-electron chi connectivity index (χ1n) is 5.44. The number of carbonyl (C=O) groups is 3. The molecule has 1 unspecified atom stereocenters. The summed E-state index contributed by atoms with van der Waals surface area (Å²) in [6.45, 7) is 0. The summed E-state index contributed by atoms with van der Waals surface area (Å²) >= 11 is 5.87. The van der Waals surface area contributed by atoms with Gasteiger partial charge in [-0.05, 0) is 0 Å². The zero-order valence-electron chi connectivity index (χ0n) is 10.8. The molecule has 0 saturated carbocycles. The fraction of sp³-hybridized carbons (Fsp3) is 0.400. The molecule has 9 nitrogen and oxygen atoms in total.